The van der Waals surface area contributed by atoms with Gasteiger partial charge in [0.2, 0.25) is 0 Å². The molecule has 26 rings (SSSR count). The topological polar surface area (TPSA) is 29.6 Å². The van der Waals surface area contributed by atoms with Crippen molar-refractivity contribution in [2.24, 2.45) is 0 Å². The molecule has 0 fully saturated rings. The number of fused-ring (bicyclic) bond motifs is 20. The van der Waals surface area contributed by atoms with Gasteiger partial charge in [-0.15, -0.1) is 0 Å². The molecule has 6 aromatic heterocycles. The van der Waals surface area contributed by atoms with Gasteiger partial charge >= 0.3 is 0 Å². The smallest absolute Gasteiger partial charge is 0.0562 e. The zero-order chi connectivity index (χ0) is 80.0. The molecule has 20 aromatic carbocycles. The van der Waals surface area contributed by atoms with Gasteiger partial charge in [-0.25, -0.2) is 0 Å². The van der Waals surface area contributed by atoms with Crippen LogP contribution in [-0.2, 0) is 0 Å². The number of benzene rings is 20. The minimum Gasteiger partial charge on any atom is -0.309 e. The lowest BCUT2D eigenvalue weighted by molar-refractivity contribution is 1.17. The summed E-state index contributed by atoms with van der Waals surface area (Å²) in [6.07, 6.45) is 0. The van der Waals surface area contributed by atoms with Gasteiger partial charge in [0.15, 0.2) is 0 Å². The molecule has 0 N–H and O–H groups in total. The quantitative estimate of drug-likeness (QED) is 0.131. The molecule has 0 saturated heterocycles. The normalized spacial score (nSPS) is 11.9. The molecule has 122 heavy (non-hydrogen) atoms. The molecule has 0 spiro atoms. The second-order valence-corrected chi connectivity index (χ2v) is 32.3. The Labute approximate surface area is 702 Å². The van der Waals surface area contributed by atoms with Crippen LogP contribution in [0.3, 0.4) is 0 Å². The second-order valence-electron chi connectivity index (χ2n) is 32.3. The largest absolute Gasteiger partial charge is 0.309 e. The Morgan fingerprint density at radius 2 is 0.344 bits per heavy atom. The van der Waals surface area contributed by atoms with Gasteiger partial charge < -0.3 is 27.4 Å². The van der Waals surface area contributed by atoms with E-state index in [0.29, 0.717) is 0 Å². The number of para-hydroxylation sites is 6. The zero-order valence-electron chi connectivity index (χ0n) is 66.4. The number of hydrogen-bond acceptors (Lipinski definition) is 0. The summed E-state index contributed by atoms with van der Waals surface area (Å²) in [5.74, 6) is 0. The van der Waals surface area contributed by atoms with Gasteiger partial charge in [0.05, 0.1) is 77.6 Å². The lowest BCUT2D eigenvalue weighted by Crippen LogP contribution is -1.96. The third-order valence-corrected chi connectivity index (χ3v) is 25.6. The average molecular weight is 1550 g/mol. The first kappa shape index (κ1) is 68.9. The van der Waals surface area contributed by atoms with Crippen LogP contribution < -0.4 is 0 Å². The summed E-state index contributed by atoms with van der Waals surface area (Å²) in [5, 5.41) is 19.8. The maximum Gasteiger partial charge on any atom is 0.0562 e. The van der Waals surface area contributed by atoms with Crippen molar-refractivity contribution < 1.29 is 0 Å². The van der Waals surface area contributed by atoms with Crippen molar-refractivity contribution in [1.29, 1.82) is 0 Å². The molecule has 0 aliphatic rings. The van der Waals surface area contributed by atoms with Crippen molar-refractivity contribution in [2.75, 3.05) is 0 Å². The second kappa shape index (κ2) is 27.7. The maximum absolute atomic E-state index is 2.49. The molecule has 0 bridgehead atoms. The van der Waals surface area contributed by atoms with Crippen LogP contribution in [-0.4, -0.2) is 27.4 Å². The Hall–Kier alpha value is -16.3. The molecule has 0 amide bonds. The monoisotopic (exact) mass is 1550 g/mol. The summed E-state index contributed by atoms with van der Waals surface area (Å²) in [6, 6.07) is 165. The molecule has 6 heteroatoms. The van der Waals surface area contributed by atoms with Gasteiger partial charge in [-0.1, -0.05) is 291 Å². The van der Waals surface area contributed by atoms with Crippen molar-refractivity contribution >= 4 is 152 Å². The van der Waals surface area contributed by atoms with E-state index in [2.05, 4.69) is 476 Å². The van der Waals surface area contributed by atoms with Crippen molar-refractivity contribution in [3.63, 3.8) is 0 Å². The van der Waals surface area contributed by atoms with Gasteiger partial charge in [-0.3, -0.25) is 0 Å². The van der Waals surface area contributed by atoms with Crippen LogP contribution in [0, 0.1) is 0 Å². The third kappa shape index (κ3) is 10.8. The first-order valence-electron chi connectivity index (χ1n) is 42.0. The predicted octanol–water partition coefficient (Wildman–Crippen LogP) is 30.9. The van der Waals surface area contributed by atoms with Crippen LogP contribution in [0.1, 0.15) is 0 Å². The van der Waals surface area contributed by atoms with Crippen LogP contribution in [0.25, 0.3) is 231 Å². The van der Waals surface area contributed by atoms with Gasteiger partial charge in [0.1, 0.15) is 0 Å². The minimum absolute atomic E-state index is 1.15. The van der Waals surface area contributed by atoms with Crippen LogP contribution in [0.4, 0.5) is 0 Å². The van der Waals surface area contributed by atoms with E-state index >= 15 is 0 Å². The fraction of sp³-hybridized carbons (Fsp3) is 0. The van der Waals surface area contributed by atoms with Gasteiger partial charge in [-0.05, 0) is 213 Å². The summed E-state index contributed by atoms with van der Waals surface area (Å²) in [6.45, 7) is 0. The molecule has 0 aliphatic heterocycles. The first-order valence-corrected chi connectivity index (χ1v) is 42.0. The summed E-state index contributed by atoms with van der Waals surface area (Å²) in [5.41, 5.74) is 31.0. The Morgan fingerprint density at radius 3 is 0.754 bits per heavy atom. The van der Waals surface area contributed by atoms with Crippen molar-refractivity contribution in [2.45, 2.75) is 0 Å². The summed E-state index contributed by atoms with van der Waals surface area (Å²) in [7, 11) is 0. The standard InChI is InChI=1S/2C58H37N3/c1-3-15-38(16-4-1)40-19-13-22-44(33-40)60-54-27-12-9-24-46(54)48-34-41(29-31-55(48)60)42-30-32-56-49(35-42)51-37-57-50(47-25-10-11-26-53(47)59(57)43-20-5-2-6-21-43)36-58(51)61(56)52-28-14-18-39-17-7-8-23-45(39)52;1-3-15-38(16-4-1)40-19-13-22-44(33-40)60-54-27-12-9-24-46(54)48-34-41(29-31-55(48)60)42-30-32-56-49(35-42)51-36-50-47-25-10-11-26-53(47)59(43-20-5-2-6-21-43)57(50)37-58(51)61(56)52-28-14-18-39-17-7-8-23-45(39)52/h2*1-37H. The van der Waals surface area contributed by atoms with E-state index in [1.54, 1.807) is 0 Å². The summed E-state index contributed by atoms with van der Waals surface area (Å²) < 4.78 is 14.7. The van der Waals surface area contributed by atoms with Gasteiger partial charge in [0, 0.05) is 98.2 Å². The van der Waals surface area contributed by atoms with Crippen molar-refractivity contribution in [3.05, 3.63) is 449 Å². The van der Waals surface area contributed by atoms with E-state index in [1.807, 2.05) is 0 Å². The predicted molar refractivity (Wildman–Crippen MR) is 516 cm³/mol. The molecule has 568 valence electrons. The zero-order valence-corrected chi connectivity index (χ0v) is 66.4. The Kier molecular flexibility index (Phi) is 15.6. The van der Waals surface area contributed by atoms with E-state index in [1.165, 1.54) is 208 Å². The molecule has 0 aliphatic carbocycles. The van der Waals surface area contributed by atoms with E-state index in [4.69, 9.17) is 0 Å². The minimum atomic E-state index is 1.15. The fourth-order valence-corrected chi connectivity index (χ4v) is 20.1. The average Bonchev–Trinajstić information content (AvgIpc) is 1.55. The highest BCUT2D eigenvalue weighted by Gasteiger charge is 2.25. The molecular weight excluding hydrogens is 1480 g/mol. The molecule has 0 saturated carbocycles. The number of nitrogens with zero attached hydrogens (tertiary/aromatic N) is 6. The van der Waals surface area contributed by atoms with E-state index in [-0.39, 0.29) is 0 Å². The van der Waals surface area contributed by atoms with Crippen molar-refractivity contribution in [3.8, 4) is 78.6 Å². The molecule has 0 atom stereocenters. The van der Waals surface area contributed by atoms with Crippen LogP contribution >= 0.6 is 0 Å². The molecule has 26 aromatic rings. The Balaban J connectivity index is 0.000000134. The summed E-state index contributed by atoms with van der Waals surface area (Å²) in [4.78, 5) is 0. The number of hydrogen-bond donors (Lipinski definition) is 0. The Morgan fingerprint density at radius 1 is 0.107 bits per heavy atom. The highest BCUT2D eigenvalue weighted by Crippen LogP contribution is 2.47. The van der Waals surface area contributed by atoms with Gasteiger partial charge in [-0.2, -0.15) is 0 Å². The van der Waals surface area contributed by atoms with Crippen LogP contribution in [0.5, 0.6) is 0 Å². The van der Waals surface area contributed by atoms with E-state index in [0.717, 1.165) is 22.7 Å². The number of rotatable bonds is 10. The molecular formula is C116H74N6. The molecule has 6 heterocycles. The van der Waals surface area contributed by atoms with Crippen LogP contribution in [0.15, 0.2) is 449 Å². The third-order valence-electron chi connectivity index (χ3n) is 25.6. The van der Waals surface area contributed by atoms with Crippen molar-refractivity contribution in [1.82, 2.24) is 27.4 Å². The van der Waals surface area contributed by atoms with E-state index in [9.17, 15) is 0 Å². The maximum atomic E-state index is 2.49. The highest BCUT2D eigenvalue weighted by atomic mass is 15.0. The lowest BCUT2D eigenvalue weighted by Gasteiger charge is -2.13. The lowest BCUT2D eigenvalue weighted by atomic mass is 10.00. The first-order chi connectivity index (χ1) is 60.5. The highest BCUT2D eigenvalue weighted by molar-refractivity contribution is 6.23. The summed E-state index contributed by atoms with van der Waals surface area (Å²) >= 11 is 0. The van der Waals surface area contributed by atoms with E-state index < -0.39 is 0 Å². The Bertz CT molecular complexity index is 8730. The molecule has 6 nitrogen and oxygen atoms in total. The SMILES string of the molecule is c1ccc(-c2cccc(-n3c4ccccc4c4cc(-c5ccc6c(c5)c5cc7c(cc5n6-c5cccc6ccccc56)c5ccccc5n7-c5ccccc5)ccc43)c2)cc1.c1ccc(-c2cccc(-n3c4ccccc4c4cc(-c5ccc6c(c5)c5cc7c8ccccc8n(-c8ccccc8)c7cc5n6-c5cccc6ccccc56)ccc43)c2)cc1. The fourth-order valence-electron chi connectivity index (χ4n) is 20.1. The molecule has 0 radical (unpaired) electrons. The number of aromatic nitrogens is 6. The molecule has 0 unspecified atom stereocenters. The van der Waals surface area contributed by atoms with Gasteiger partial charge in [0.25, 0.3) is 0 Å². The van der Waals surface area contributed by atoms with Crippen LogP contribution in [0.2, 0.25) is 0 Å².